The Morgan fingerprint density at radius 3 is 2.88 bits per heavy atom. The van der Waals surface area contributed by atoms with Gasteiger partial charge in [0.25, 0.3) is 0 Å². The van der Waals surface area contributed by atoms with Crippen LogP contribution in [0.25, 0.3) is 0 Å². The topological polar surface area (TPSA) is 37.8 Å². The van der Waals surface area contributed by atoms with Gasteiger partial charge in [-0.05, 0) is 24.3 Å². The maximum Gasteiger partial charge on any atom is 0.141 e. The number of halogens is 2. The lowest BCUT2D eigenvalue weighted by Crippen LogP contribution is -2.01. The highest BCUT2D eigenvalue weighted by Gasteiger charge is 2.00. The third-order valence-electron chi connectivity index (χ3n) is 2.04. The summed E-state index contributed by atoms with van der Waals surface area (Å²) >= 11 is 5.65. The average molecular weight is 238 g/mol. The molecule has 0 aliphatic carbocycles. The van der Waals surface area contributed by atoms with E-state index < -0.39 is 5.82 Å². The van der Waals surface area contributed by atoms with Crippen LogP contribution in [0.4, 0.5) is 10.1 Å². The average Bonchev–Trinajstić information content (AvgIpc) is 2.32. The maximum atomic E-state index is 12.9. The van der Waals surface area contributed by atoms with Gasteiger partial charge >= 0.3 is 0 Å². The van der Waals surface area contributed by atoms with Crippen molar-refractivity contribution in [1.82, 2.24) is 9.97 Å². The predicted molar refractivity (Wildman–Crippen MR) is 60.8 cm³/mol. The zero-order chi connectivity index (χ0) is 11.4. The van der Waals surface area contributed by atoms with Crippen molar-refractivity contribution in [3.8, 4) is 0 Å². The van der Waals surface area contributed by atoms with Gasteiger partial charge < -0.3 is 5.32 Å². The van der Waals surface area contributed by atoms with Crippen LogP contribution in [0.1, 0.15) is 5.69 Å². The highest BCUT2D eigenvalue weighted by Crippen LogP contribution is 2.19. The van der Waals surface area contributed by atoms with E-state index in [2.05, 4.69) is 15.3 Å². The van der Waals surface area contributed by atoms with Gasteiger partial charge in [-0.15, -0.1) is 0 Å². The Balaban J connectivity index is 2.03. The molecule has 1 heterocycles. The molecule has 0 unspecified atom stereocenters. The molecule has 2 aromatic rings. The minimum atomic E-state index is -0.422. The molecule has 0 aliphatic heterocycles. The Morgan fingerprint density at radius 1 is 1.31 bits per heavy atom. The van der Waals surface area contributed by atoms with Crippen LogP contribution < -0.4 is 5.32 Å². The van der Waals surface area contributed by atoms with Crippen molar-refractivity contribution in [2.45, 2.75) is 6.54 Å². The molecule has 1 aromatic heterocycles. The van der Waals surface area contributed by atoms with Gasteiger partial charge in [0.2, 0.25) is 0 Å². The fourth-order valence-electron chi connectivity index (χ4n) is 1.22. The third kappa shape index (κ3) is 2.67. The minimum Gasteiger partial charge on any atom is -0.379 e. The molecule has 5 heteroatoms. The van der Waals surface area contributed by atoms with Crippen LogP contribution in [0.2, 0.25) is 5.02 Å². The summed E-state index contributed by atoms with van der Waals surface area (Å²) in [6, 6.07) is 6.29. The molecule has 82 valence electrons. The zero-order valence-corrected chi connectivity index (χ0v) is 9.08. The van der Waals surface area contributed by atoms with Crippen molar-refractivity contribution in [1.29, 1.82) is 0 Å². The van der Waals surface area contributed by atoms with Crippen LogP contribution in [-0.4, -0.2) is 9.97 Å². The van der Waals surface area contributed by atoms with Gasteiger partial charge in [-0.3, -0.25) is 0 Å². The second-order valence-electron chi connectivity index (χ2n) is 3.18. The SMILES string of the molecule is Fc1ccc(NCc2ccncn2)cc1Cl. The van der Waals surface area contributed by atoms with E-state index >= 15 is 0 Å². The minimum absolute atomic E-state index is 0.104. The molecule has 1 aromatic carbocycles. The third-order valence-corrected chi connectivity index (χ3v) is 2.33. The summed E-state index contributed by atoms with van der Waals surface area (Å²) in [6.07, 6.45) is 3.15. The Hall–Kier alpha value is -1.68. The number of benzene rings is 1. The lowest BCUT2D eigenvalue weighted by atomic mass is 10.3. The molecule has 16 heavy (non-hydrogen) atoms. The first kappa shape index (κ1) is 10.8. The molecule has 0 bridgehead atoms. The molecule has 0 saturated heterocycles. The summed E-state index contributed by atoms with van der Waals surface area (Å²) in [6.45, 7) is 0.546. The van der Waals surface area contributed by atoms with Crippen molar-refractivity contribution >= 4 is 17.3 Å². The van der Waals surface area contributed by atoms with Gasteiger partial charge in [-0.1, -0.05) is 11.6 Å². The smallest absolute Gasteiger partial charge is 0.141 e. The largest absolute Gasteiger partial charge is 0.379 e. The van der Waals surface area contributed by atoms with E-state index in [9.17, 15) is 4.39 Å². The number of hydrogen-bond donors (Lipinski definition) is 1. The van der Waals surface area contributed by atoms with Crippen LogP contribution in [0.15, 0.2) is 36.8 Å². The summed E-state index contributed by atoms with van der Waals surface area (Å²) in [5.41, 5.74) is 1.61. The van der Waals surface area contributed by atoms with E-state index in [4.69, 9.17) is 11.6 Å². The maximum absolute atomic E-state index is 12.9. The Morgan fingerprint density at radius 2 is 2.19 bits per heavy atom. The highest BCUT2D eigenvalue weighted by atomic mass is 35.5. The van der Waals surface area contributed by atoms with Crippen LogP contribution in [0, 0.1) is 5.82 Å². The fraction of sp³-hybridized carbons (Fsp3) is 0.0909. The van der Waals surface area contributed by atoms with E-state index in [-0.39, 0.29) is 5.02 Å². The van der Waals surface area contributed by atoms with E-state index in [1.807, 2.05) is 0 Å². The second kappa shape index (κ2) is 4.90. The lowest BCUT2D eigenvalue weighted by molar-refractivity contribution is 0.628. The molecule has 0 radical (unpaired) electrons. The van der Waals surface area contributed by atoms with Crippen LogP contribution >= 0.6 is 11.6 Å². The van der Waals surface area contributed by atoms with Crippen LogP contribution in [0.3, 0.4) is 0 Å². The van der Waals surface area contributed by atoms with Crippen molar-refractivity contribution in [2.75, 3.05) is 5.32 Å². The number of hydrogen-bond acceptors (Lipinski definition) is 3. The second-order valence-corrected chi connectivity index (χ2v) is 3.59. The number of nitrogens with one attached hydrogen (secondary N) is 1. The molecule has 0 saturated carbocycles. The van der Waals surface area contributed by atoms with Crippen LogP contribution in [-0.2, 0) is 6.54 Å². The van der Waals surface area contributed by atoms with E-state index in [0.29, 0.717) is 6.54 Å². The van der Waals surface area contributed by atoms with E-state index in [0.717, 1.165) is 11.4 Å². The van der Waals surface area contributed by atoms with Gasteiger partial charge in [-0.2, -0.15) is 0 Å². The Bertz CT molecular complexity index is 476. The summed E-state index contributed by atoms with van der Waals surface area (Å²) in [5, 5.41) is 3.19. The first-order chi connectivity index (χ1) is 7.75. The number of aromatic nitrogens is 2. The molecule has 1 N–H and O–H groups in total. The standard InChI is InChI=1S/C11H9ClFN3/c12-10-5-8(1-2-11(10)13)15-6-9-3-4-14-7-16-9/h1-5,7,15H,6H2. The first-order valence-electron chi connectivity index (χ1n) is 4.69. The molecular weight excluding hydrogens is 229 g/mol. The Labute approximate surface area is 97.3 Å². The molecule has 3 nitrogen and oxygen atoms in total. The molecule has 0 aliphatic rings. The monoisotopic (exact) mass is 237 g/mol. The molecular formula is C11H9ClFN3. The van der Waals surface area contributed by atoms with Gasteiger partial charge in [0.05, 0.1) is 17.3 Å². The van der Waals surface area contributed by atoms with Crippen molar-refractivity contribution in [3.63, 3.8) is 0 Å². The molecule has 0 atom stereocenters. The molecule has 2 rings (SSSR count). The first-order valence-corrected chi connectivity index (χ1v) is 5.07. The van der Waals surface area contributed by atoms with Crippen LogP contribution in [0.5, 0.6) is 0 Å². The van der Waals surface area contributed by atoms with Gasteiger partial charge in [-0.25, -0.2) is 14.4 Å². The van der Waals surface area contributed by atoms with Crippen molar-refractivity contribution < 1.29 is 4.39 Å². The fourth-order valence-corrected chi connectivity index (χ4v) is 1.40. The number of nitrogens with zero attached hydrogens (tertiary/aromatic N) is 2. The summed E-state index contributed by atoms with van der Waals surface area (Å²) in [5.74, 6) is -0.422. The highest BCUT2D eigenvalue weighted by molar-refractivity contribution is 6.31. The van der Waals surface area contributed by atoms with Gasteiger partial charge in [0.15, 0.2) is 0 Å². The Kier molecular flexibility index (Phi) is 3.31. The normalized spacial score (nSPS) is 10.1. The number of anilines is 1. The molecule has 0 spiro atoms. The molecule has 0 amide bonds. The van der Waals surface area contributed by atoms with Gasteiger partial charge in [0, 0.05) is 11.9 Å². The van der Waals surface area contributed by atoms with Crippen molar-refractivity contribution in [3.05, 3.63) is 53.3 Å². The summed E-state index contributed by atoms with van der Waals surface area (Å²) in [4.78, 5) is 7.87. The predicted octanol–water partition coefficient (Wildman–Crippen LogP) is 2.88. The molecule has 0 fully saturated rings. The van der Waals surface area contributed by atoms with E-state index in [1.165, 1.54) is 18.5 Å². The summed E-state index contributed by atoms with van der Waals surface area (Å²) < 4.78 is 12.9. The quantitative estimate of drug-likeness (QED) is 0.892. The van der Waals surface area contributed by atoms with Crippen molar-refractivity contribution in [2.24, 2.45) is 0 Å². The van der Waals surface area contributed by atoms with Gasteiger partial charge in [0.1, 0.15) is 12.1 Å². The number of rotatable bonds is 3. The lowest BCUT2D eigenvalue weighted by Gasteiger charge is -2.06. The summed E-state index contributed by atoms with van der Waals surface area (Å²) in [7, 11) is 0. The van der Waals surface area contributed by atoms with E-state index in [1.54, 1.807) is 18.3 Å². The zero-order valence-electron chi connectivity index (χ0n) is 8.32.